The summed E-state index contributed by atoms with van der Waals surface area (Å²) < 4.78 is 21.3. The van der Waals surface area contributed by atoms with Crippen LogP contribution < -0.4 is 0 Å². The highest BCUT2D eigenvalue weighted by atomic mass is 32.2. The van der Waals surface area contributed by atoms with Crippen molar-refractivity contribution in [2.24, 2.45) is 0 Å². The zero-order chi connectivity index (χ0) is 9.30. The van der Waals surface area contributed by atoms with Gasteiger partial charge in [0.1, 0.15) is 0 Å². The summed E-state index contributed by atoms with van der Waals surface area (Å²) in [7, 11) is -2.44. The molecule has 3 heteroatoms. The monoisotopic (exact) mass is 184 g/mol. The van der Waals surface area contributed by atoms with E-state index in [1.54, 1.807) is 12.1 Å². The molecule has 0 aliphatic carbocycles. The summed E-state index contributed by atoms with van der Waals surface area (Å²) in [6, 6.07) is 3.40. The van der Waals surface area contributed by atoms with E-state index >= 15 is 0 Å². The van der Waals surface area contributed by atoms with Crippen LogP contribution in [0.3, 0.4) is 0 Å². The van der Waals surface area contributed by atoms with E-state index in [4.69, 9.17) is 0 Å². The van der Waals surface area contributed by atoms with Gasteiger partial charge in [-0.05, 0) is 49.6 Å². The Morgan fingerprint density at radius 2 is 1.42 bits per heavy atom. The van der Waals surface area contributed by atoms with Crippen LogP contribution in [0.4, 0.5) is 0 Å². The maximum atomic E-state index is 10.7. The molecule has 0 amide bonds. The van der Waals surface area contributed by atoms with Gasteiger partial charge >= 0.3 is 0 Å². The van der Waals surface area contributed by atoms with Gasteiger partial charge < -0.3 is 0 Å². The van der Waals surface area contributed by atoms with E-state index in [-0.39, 0.29) is 0 Å². The predicted octanol–water partition coefficient (Wildman–Crippen LogP) is 1.58. The average molecular weight is 184 g/mol. The van der Waals surface area contributed by atoms with E-state index in [2.05, 4.69) is 0 Å². The van der Waals surface area contributed by atoms with Crippen LogP contribution >= 0.6 is 0 Å². The Kier molecular flexibility index (Phi) is 2.52. The van der Waals surface area contributed by atoms with Crippen LogP contribution in [0, 0.1) is 20.8 Å². The summed E-state index contributed by atoms with van der Waals surface area (Å²) in [6.45, 7) is 5.83. The Hall–Kier alpha value is -0.830. The standard InChI is InChI=1S/C9H12O2S/c1-6-4-9(12(10)11)5-7(2)8(6)3/h4-5,12H,1-3H3. The Labute approximate surface area is 74.2 Å². The van der Waals surface area contributed by atoms with Crippen LogP contribution in [0.25, 0.3) is 0 Å². The largest absolute Gasteiger partial charge is 0.227 e. The molecule has 12 heavy (non-hydrogen) atoms. The van der Waals surface area contributed by atoms with Crippen molar-refractivity contribution in [1.29, 1.82) is 0 Å². The van der Waals surface area contributed by atoms with Gasteiger partial charge in [0.25, 0.3) is 0 Å². The maximum Gasteiger partial charge on any atom is 0.168 e. The second kappa shape index (κ2) is 3.27. The van der Waals surface area contributed by atoms with Gasteiger partial charge in [0.05, 0.1) is 4.90 Å². The first-order valence-corrected chi connectivity index (χ1v) is 4.92. The van der Waals surface area contributed by atoms with Gasteiger partial charge in [-0.3, -0.25) is 0 Å². The van der Waals surface area contributed by atoms with Crippen LogP contribution in [-0.2, 0) is 10.7 Å². The molecule has 66 valence electrons. The minimum absolute atomic E-state index is 0.408. The highest BCUT2D eigenvalue weighted by Crippen LogP contribution is 2.15. The molecule has 0 N–H and O–H groups in total. The van der Waals surface area contributed by atoms with Crippen LogP contribution in [0.15, 0.2) is 17.0 Å². The number of thiol groups is 1. The van der Waals surface area contributed by atoms with E-state index in [0.29, 0.717) is 4.90 Å². The van der Waals surface area contributed by atoms with Gasteiger partial charge in [-0.15, -0.1) is 0 Å². The summed E-state index contributed by atoms with van der Waals surface area (Å²) >= 11 is 0. The Balaban J connectivity index is 3.40. The van der Waals surface area contributed by atoms with Gasteiger partial charge in [-0.25, -0.2) is 8.42 Å². The molecule has 1 aromatic carbocycles. The summed E-state index contributed by atoms with van der Waals surface area (Å²) in [5.41, 5.74) is 3.23. The summed E-state index contributed by atoms with van der Waals surface area (Å²) in [6.07, 6.45) is 0. The lowest BCUT2D eigenvalue weighted by atomic mass is 10.1. The van der Waals surface area contributed by atoms with E-state index in [9.17, 15) is 8.42 Å². The molecule has 1 aromatic rings. The molecule has 0 heterocycles. The molecular weight excluding hydrogens is 172 g/mol. The number of hydrogen-bond donors (Lipinski definition) is 1. The van der Waals surface area contributed by atoms with Crippen molar-refractivity contribution < 1.29 is 8.42 Å². The molecule has 0 saturated heterocycles. The topological polar surface area (TPSA) is 34.1 Å². The van der Waals surface area contributed by atoms with Crippen LogP contribution in [0.1, 0.15) is 16.7 Å². The third-order valence-electron chi connectivity index (χ3n) is 2.12. The summed E-state index contributed by atoms with van der Waals surface area (Å²) in [5, 5.41) is 0. The number of aryl methyl sites for hydroxylation is 2. The van der Waals surface area contributed by atoms with Crippen LogP contribution in [0.2, 0.25) is 0 Å². The first kappa shape index (κ1) is 9.26. The van der Waals surface area contributed by atoms with Crippen LogP contribution in [0.5, 0.6) is 0 Å². The first-order chi connectivity index (χ1) is 5.52. The minimum Gasteiger partial charge on any atom is -0.227 e. The van der Waals surface area contributed by atoms with Gasteiger partial charge in [0.2, 0.25) is 0 Å². The minimum atomic E-state index is -2.44. The molecule has 0 saturated carbocycles. The molecule has 0 aliphatic rings. The smallest absolute Gasteiger partial charge is 0.168 e. The fraction of sp³-hybridized carbons (Fsp3) is 0.333. The van der Waals surface area contributed by atoms with Crippen molar-refractivity contribution in [1.82, 2.24) is 0 Å². The summed E-state index contributed by atoms with van der Waals surface area (Å²) in [4.78, 5) is 0.408. The van der Waals surface area contributed by atoms with Gasteiger partial charge in [0.15, 0.2) is 10.7 Å². The third kappa shape index (κ3) is 1.67. The number of benzene rings is 1. The molecule has 0 bridgehead atoms. The van der Waals surface area contributed by atoms with Gasteiger partial charge in [-0.1, -0.05) is 0 Å². The molecule has 0 spiro atoms. The molecule has 0 radical (unpaired) electrons. The Bertz CT molecular complexity index is 347. The van der Waals surface area contributed by atoms with Crippen molar-refractivity contribution in [3.05, 3.63) is 28.8 Å². The van der Waals surface area contributed by atoms with E-state index < -0.39 is 10.7 Å². The molecule has 1 rings (SSSR count). The Morgan fingerprint density at radius 3 is 1.75 bits per heavy atom. The molecule has 0 aliphatic heterocycles. The van der Waals surface area contributed by atoms with E-state index in [0.717, 1.165) is 16.7 Å². The fourth-order valence-corrected chi connectivity index (χ4v) is 1.72. The molecule has 0 unspecified atom stereocenters. The van der Waals surface area contributed by atoms with Gasteiger partial charge in [-0.2, -0.15) is 0 Å². The summed E-state index contributed by atoms with van der Waals surface area (Å²) in [5.74, 6) is 0. The lowest BCUT2D eigenvalue weighted by Gasteiger charge is -2.04. The predicted molar refractivity (Wildman–Crippen MR) is 49.2 cm³/mol. The zero-order valence-corrected chi connectivity index (χ0v) is 8.31. The number of rotatable bonds is 1. The third-order valence-corrected chi connectivity index (χ3v) is 2.80. The molecule has 0 atom stereocenters. The Morgan fingerprint density at radius 1 is 1.00 bits per heavy atom. The first-order valence-electron chi connectivity index (χ1n) is 3.74. The van der Waals surface area contributed by atoms with Crippen LogP contribution in [-0.4, -0.2) is 8.42 Å². The second-order valence-corrected chi connectivity index (χ2v) is 3.99. The fourth-order valence-electron chi connectivity index (χ4n) is 1.12. The normalized spacial score (nSPS) is 10.7. The second-order valence-electron chi connectivity index (χ2n) is 2.96. The van der Waals surface area contributed by atoms with Crippen molar-refractivity contribution in [2.45, 2.75) is 25.7 Å². The maximum absolute atomic E-state index is 10.7. The van der Waals surface area contributed by atoms with Crippen molar-refractivity contribution in [2.75, 3.05) is 0 Å². The lowest BCUT2D eigenvalue weighted by Crippen LogP contribution is -1.89. The zero-order valence-electron chi connectivity index (χ0n) is 7.42. The van der Waals surface area contributed by atoms with Gasteiger partial charge in [0, 0.05) is 0 Å². The lowest BCUT2D eigenvalue weighted by molar-refractivity contribution is 0.614. The molecular formula is C9H12O2S. The quantitative estimate of drug-likeness (QED) is 0.672. The molecule has 2 nitrogen and oxygen atoms in total. The van der Waals surface area contributed by atoms with E-state index in [1.165, 1.54) is 0 Å². The van der Waals surface area contributed by atoms with Crippen molar-refractivity contribution >= 4 is 10.7 Å². The van der Waals surface area contributed by atoms with Crippen molar-refractivity contribution in [3.8, 4) is 0 Å². The molecule has 0 fully saturated rings. The van der Waals surface area contributed by atoms with E-state index in [1.807, 2.05) is 20.8 Å². The highest BCUT2D eigenvalue weighted by molar-refractivity contribution is 7.72. The molecule has 0 aromatic heterocycles. The highest BCUT2D eigenvalue weighted by Gasteiger charge is 2.01. The SMILES string of the molecule is Cc1cc([SH](=O)=O)cc(C)c1C. The average Bonchev–Trinajstić information content (AvgIpc) is 1.99. The number of hydrogen-bond acceptors (Lipinski definition) is 2. The van der Waals surface area contributed by atoms with Crippen molar-refractivity contribution in [3.63, 3.8) is 0 Å².